The number of amidine groups is 1. The first kappa shape index (κ1) is 15.7. The van der Waals surface area contributed by atoms with E-state index < -0.39 is 17.1 Å². The molecule has 0 saturated carbocycles. The molecule has 1 fully saturated rings. The molecular formula is C13H15BrFN3O3. The zero-order valence-electron chi connectivity index (χ0n) is 11.1. The molecule has 0 spiro atoms. The van der Waals surface area contributed by atoms with Gasteiger partial charge in [0.05, 0.1) is 4.47 Å². The minimum absolute atomic E-state index is 0.149. The lowest BCUT2D eigenvalue weighted by atomic mass is 9.78. The number of oxime groups is 1. The van der Waals surface area contributed by atoms with Gasteiger partial charge in [-0.05, 0) is 47.0 Å². The lowest BCUT2D eigenvalue weighted by Gasteiger charge is -2.34. The summed E-state index contributed by atoms with van der Waals surface area (Å²) in [4.78, 5) is 12.5. The number of amides is 1. The SMILES string of the molecule is N/C(=N/O)C1(C(=O)Nc2ccc(F)c(Br)c2)CCOCC1. The number of carbonyl (C=O) groups excluding carboxylic acids is 1. The summed E-state index contributed by atoms with van der Waals surface area (Å²) in [5, 5.41) is 14.6. The molecule has 1 heterocycles. The second kappa shape index (κ2) is 6.40. The number of nitrogens with zero attached hydrogens (tertiary/aromatic N) is 1. The van der Waals surface area contributed by atoms with Crippen LogP contribution in [0.2, 0.25) is 0 Å². The second-order valence-electron chi connectivity index (χ2n) is 4.76. The van der Waals surface area contributed by atoms with Gasteiger partial charge in [-0.1, -0.05) is 5.16 Å². The fraction of sp³-hybridized carbons (Fsp3) is 0.385. The van der Waals surface area contributed by atoms with E-state index in [1.165, 1.54) is 18.2 Å². The zero-order valence-corrected chi connectivity index (χ0v) is 12.7. The maximum absolute atomic E-state index is 13.2. The van der Waals surface area contributed by atoms with Gasteiger partial charge in [0.1, 0.15) is 11.2 Å². The third-order valence-corrected chi connectivity index (χ3v) is 4.16. The molecule has 4 N–H and O–H groups in total. The van der Waals surface area contributed by atoms with E-state index in [1.54, 1.807) is 0 Å². The van der Waals surface area contributed by atoms with Gasteiger partial charge in [0.15, 0.2) is 5.84 Å². The number of hydrogen-bond donors (Lipinski definition) is 3. The third-order valence-electron chi connectivity index (χ3n) is 3.56. The Morgan fingerprint density at radius 1 is 1.48 bits per heavy atom. The van der Waals surface area contributed by atoms with E-state index in [1.807, 2.05) is 0 Å². The highest BCUT2D eigenvalue weighted by Gasteiger charge is 2.44. The van der Waals surface area contributed by atoms with Crippen molar-refractivity contribution in [1.82, 2.24) is 0 Å². The summed E-state index contributed by atoms with van der Waals surface area (Å²) in [6.07, 6.45) is 0.633. The number of nitrogens with two attached hydrogens (primary N) is 1. The number of benzene rings is 1. The number of rotatable bonds is 3. The quantitative estimate of drug-likeness (QED) is 0.333. The molecule has 0 unspecified atom stereocenters. The molecule has 0 aromatic heterocycles. The Balaban J connectivity index is 2.24. The topological polar surface area (TPSA) is 96.9 Å². The lowest BCUT2D eigenvalue weighted by molar-refractivity contribution is -0.126. The summed E-state index contributed by atoms with van der Waals surface area (Å²) in [5.74, 6) is -0.978. The summed E-state index contributed by atoms with van der Waals surface area (Å²) in [7, 11) is 0. The maximum Gasteiger partial charge on any atom is 0.238 e. The molecular weight excluding hydrogens is 345 g/mol. The molecule has 1 saturated heterocycles. The molecule has 21 heavy (non-hydrogen) atoms. The first-order chi connectivity index (χ1) is 9.99. The second-order valence-corrected chi connectivity index (χ2v) is 5.62. The van der Waals surface area contributed by atoms with E-state index in [0.717, 1.165) is 0 Å². The van der Waals surface area contributed by atoms with Crippen LogP contribution in [0.3, 0.4) is 0 Å². The molecule has 1 amide bonds. The number of hydrogen-bond acceptors (Lipinski definition) is 4. The Morgan fingerprint density at radius 2 is 2.14 bits per heavy atom. The molecule has 1 aliphatic heterocycles. The number of halogens is 2. The van der Waals surface area contributed by atoms with E-state index in [0.29, 0.717) is 31.7 Å². The van der Waals surface area contributed by atoms with Crippen LogP contribution >= 0.6 is 15.9 Å². The number of ether oxygens (including phenoxy) is 1. The number of anilines is 1. The summed E-state index contributed by atoms with van der Waals surface area (Å²) >= 11 is 3.05. The molecule has 0 aliphatic carbocycles. The number of nitrogens with one attached hydrogen (secondary N) is 1. The van der Waals surface area contributed by atoms with Gasteiger partial charge in [-0.3, -0.25) is 4.79 Å². The highest BCUT2D eigenvalue weighted by molar-refractivity contribution is 9.10. The maximum atomic E-state index is 13.2. The molecule has 0 radical (unpaired) electrons. The highest BCUT2D eigenvalue weighted by atomic mass is 79.9. The Kier molecular flexibility index (Phi) is 4.79. The summed E-state index contributed by atoms with van der Waals surface area (Å²) in [6.45, 7) is 0.688. The molecule has 114 valence electrons. The first-order valence-electron chi connectivity index (χ1n) is 6.32. The van der Waals surface area contributed by atoms with E-state index in [-0.39, 0.29) is 10.3 Å². The first-order valence-corrected chi connectivity index (χ1v) is 7.11. The van der Waals surface area contributed by atoms with Crippen molar-refractivity contribution in [3.05, 3.63) is 28.5 Å². The van der Waals surface area contributed by atoms with Crippen molar-refractivity contribution in [2.45, 2.75) is 12.8 Å². The fourth-order valence-electron chi connectivity index (χ4n) is 2.24. The van der Waals surface area contributed by atoms with Crippen molar-refractivity contribution in [1.29, 1.82) is 0 Å². The molecule has 1 aromatic carbocycles. The van der Waals surface area contributed by atoms with Gasteiger partial charge in [0, 0.05) is 18.9 Å². The highest BCUT2D eigenvalue weighted by Crippen LogP contribution is 2.33. The van der Waals surface area contributed by atoms with Gasteiger partial charge in [-0.2, -0.15) is 0 Å². The monoisotopic (exact) mass is 359 g/mol. The van der Waals surface area contributed by atoms with Crippen LogP contribution < -0.4 is 11.1 Å². The predicted molar refractivity (Wildman–Crippen MR) is 78.6 cm³/mol. The summed E-state index contributed by atoms with van der Waals surface area (Å²) in [6, 6.07) is 4.13. The van der Waals surface area contributed by atoms with Crippen molar-refractivity contribution in [2.75, 3.05) is 18.5 Å². The van der Waals surface area contributed by atoms with E-state index in [9.17, 15) is 9.18 Å². The van der Waals surface area contributed by atoms with Crippen molar-refractivity contribution < 1.29 is 19.1 Å². The van der Waals surface area contributed by atoms with Crippen molar-refractivity contribution in [3.8, 4) is 0 Å². The molecule has 8 heteroatoms. The fourth-order valence-corrected chi connectivity index (χ4v) is 2.62. The van der Waals surface area contributed by atoms with E-state index in [4.69, 9.17) is 15.7 Å². The van der Waals surface area contributed by atoms with Crippen LogP contribution in [0.5, 0.6) is 0 Å². The average molecular weight is 360 g/mol. The molecule has 1 aromatic rings. The van der Waals surface area contributed by atoms with Crippen LogP contribution in [0.25, 0.3) is 0 Å². The molecule has 0 bridgehead atoms. The predicted octanol–water partition coefficient (Wildman–Crippen LogP) is 2.07. The summed E-state index contributed by atoms with van der Waals surface area (Å²) < 4.78 is 18.7. The van der Waals surface area contributed by atoms with Crippen LogP contribution in [0.15, 0.2) is 27.8 Å². The van der Waals surface area contributed by atoms with E-state index >= 15 is 0 Å². The summed E-state index contributed by atoms with van der Waals surface area (Å²) in [5.41, 5.74) is 5.01. The van der Waals surface area contributed by atoms with Crippen LogP contribution in [0.4, 0.5) is 10.1 Å². The van der Waals surface area contributed by atoms with E-state index in [2.05, 4.69) is 26.4 Å². The van der Waals surface area contributed by atoms with Gasteiger partial charge in [-0.25, -0.2) is 4.39 Å². The van der Waals surface area contributed by atoms with Crippen LogP contribution in [-0.2, 0) is 9.53 Å². The van der Waals surface area contributed by atoms with Crippen LogP contribution in [0, 0.1) is 11.2 Å². The Labute approximate surface area is 129 Å². The Bertz CT molecular complexity index is 574. The third kappa shape index (κ3) is 3.16. The normalized spacial score (nSPS) is 18.3. The lowest BCUT2D eigenvalue weighted by Crippen LogP contribution is -2.50. The van der Waals surface area contributed by atoms with Gasteiger partial charge in [-0.15, -0.1) is 0 Å². The van der Waals surface area contributed by atoms with Gasteiger partial charge in [0.2, 0.25) is 5.91 Å². The van der Waals surface area contributed by atoms with Gasteiger partial charge >= 0.3 is 0 Å². The Morgan fingerprint density at radius 3 is 2.71 bits per heavy atom. The molecule has 0 atom stereocenters. The average Bonchev–Trinajstić information content (AvgIpc) is 2.50. The zero-order chi connectivity index (χ0) is 15.5. The molecule has 1 aliphatic rings. The Hall–Kier alpha value is -1.67. The van der Waals surface area contributed by atoms with Crippen molar-refractivity contribution >= 4 is 33.4 Å². The smallest absolute Gasteiger partial charge is 0.238 e. The molecule has 6 nitrogen and oxygen atoms in total. The number of carbonyl (C=O) groups is 1. The standard InChI is InChI=1S/C13H15BrFN3O3/c14-9-7-8(1-2-10(9)15)17-12(19)13(11(16)18-20)3-5-21-6-4-13/h1-2,7,20H,3-6H2,(H2,16,18)(H,17,19). The minimum atomic E-state index is -1.12. The van der Waals surface area contributed by atoms with Gasteiger partial charge < -0.3 is 21.0 Å². The van der Waals surface area contributed by atoms with Crippen molar-refractivity contribution in [3.63, 3.8) is 0 Å². The largest absolute Gasteiger partial charge is 0.409 e. The van der Waals surface area contributed by atoms with Crippen molar-refractivity contribution in [2.24, 2.45) is 16.3 Å². The van der Waals surface area contributed by atoms with Gasteiger partial charge in [0.25, 0.3) is 0 Å². The molecule has 2 rings (SSSR count). The van der Waals surface area contributed by atoms with Crippen LogP contribution in [0.1, 0.15) is 12.8 Å². The van der Waals surface area contributed by atoms with Crippen LogP contribution in [-0.4, -0.2) is 30.2 Å². The minimum Gasteiger partial charge on any atom is -0.409 e.